The van der Waals surface area contributed by atoms with Gasteiger partial charge in [0.05, 0.1) is 7.11 Å². The van der Waals surface area contributed by atoms with Gasteiger partial charge in [-0.2, -0.15) is 0 Å². The van der Waals surface area contributed by atoms with Crippen molar-refractivity contribution in [1.29, 1.82) is 0 Å². The number of hydrogen-bond donors (Lipinski definition) is 4. The number of ether oxygens (including phenoxy) is 2. The third-order valence-corrected chi connectivity index (χ3v) is 3.65. The van der Waals surface area contributed by atoms with E-state index in [9.17, 15) is 9.59 Å². The number of nitrogen functional groups attached to an aromatic ring is 1. The summed E-state index contributed by atoms with van der Waals surface area (Å²) in [6, 6.07) is 4.79. The van der Waals surface area contributed by atoms with Crippen molar-refractivity contribution in [2.45, 2.75) is 5.16 Å². The molecule has 7 N–H and O–H groups in total. The molecule has 0 aliphatic carbocycles. The molecule has 0 aliphatic heterocycles. The normalized spacial score (nSPS) is 10.2. The predicted octanol–water partition coefficient (Wildman–Crippen LogP) is 0.496. The summed E-state index contributed by atoms with van der Waals surface area (Å²) in [5.41, 5.74) is 16.7. The van der Waals surface area contributed by atoms with Gasteiger partial charge in [0.15, 0.2) is 11.8 Å². The Kier molecular flexibility index (Phi) is 6.07. The highest BCUT2D eigenvalue weighted by Gasteiger charge is 2.18. The Morgan fingerprint density at radius 1 is 1.19 bits per heavy atom. The van der Waals surface area contributed by atoms with Crippen LogP contribution in [0.3, 0.4) is 0 Å². The number of amides is 2. The molecular formula is C15H18N6O4S. The number of aromatic nitrogens is 2. The molecule has 10 nitrogen and oxygen atoms in total. The van der Waals surface area contributed by atoms with Crippen LogP contribution in [-0.4, -0.2) is 41.8 Å². The van der Waals surface area contributed by atoms with Crippen LogP contribution in [0.15, 0.2) is 23.4 Å². The van der Waals surface area contributed by atoms with Crippen LogP contribution in [0.5, 0.6) is 11.5 Å². The molecule has 138 valence electrons. The maximum absolute atomic E-state index is 11.7. The highest BCUT2D eigenvalue weighted by molar-refractivity contribution is 7.98. The summed E-state index contributed by atoms with van der Waals surface area (Å²) in [5, 5.41) is 3.31. The summed E-state index contributed by atoms with van der Waals surface area (Å²) in [6.45, 7) is -0.295. The largest absolute Gasteiger partial charge is 0.497 e. The molecule has 0 atom stereocenters. The van der Waals surface area contributed by atoms with E-state index >= 15 is 0 Å². The second-order valence-corrected chi connectivity index (χ2v) is 5.73. The molecule has 0 aliphatic rings. The van der Waals surface area contributed by atoms with E-state index < -0.39 is 11.8 Å². The van der Waals surface area contributed by atoms with Crippen LogP contribution in [0.4, 0.5) is 17.3 Å². The Morgan fingerprint density at radius 2 is 1.88 bits per heavy atom. The van der Waals surface area contributed by atoms with Gasteiger partial charge in [-0.05, 0) is 6.26 Å². The van der Waals surface area contributed by atoms with Gasteiger partial charge in [-0.15, -0.1) is 0 Å². The summed E-state index contributed by atoms with van der Waals surface area (Å²) in [6.07, 6.45) is 1.77. The van der Waals surface area contributed by atoms with Crippen molar-refractivity contribution in [3.05, 3.63) is 23.8 Å². The number of carbonyl (C=O) groups is 2. The number of hydrogen-bond acceptors (Lipinski definition) is 9. The smallest absolute Gasteiger partial charge is 0.256 e. The molecule has 0 saturated carbocycles. The van der Waals surface area contributed by atoms with Crippen molar-refractivity contribution >= 4 is 40.9 Å². The van der Waals surface area contributed by atoms with Gasteiger partial charge < -0.3 is 32.0 Å². The number of nitrogens with zero attached hydrogens (tertiary/aromatic N) is 2. The molecule has 0 radical (unpaired) electrons. The molecule has 0 bridgehead atoms. The SMILES string of the molecule is COc1cc(Nc2nc(SC)nc(N)c2C(N)=O)cc(OCC(N)=O)c1. The van der Waals surface area contributed by atoms with E-state index in [4.69, 9.17) is 26.7 Å². The molecule has 0 spiro atoms. The Labute approximate surface area is 153 Å². The first-order valence-corrected chi connectivity index (χ1v) is 8.45. The molecule has 2 rings (SSSR count). The number of benzene rings is 1. The minimum absolute atomic E-state index is 0.0348. The van der Waals surface area contributed by atoms with Gasteiger partial charge in [0, 0.05) is 23.9 Å². The van der Waals surface area contributed by atoms with Gasteiger partial charge >= 0.3 is 0 Å². The molecule has 0 fully saturated rings. The van der Waals surface area contributed by atoms with Gasteiger partial charge in [-0.1, -0.05) is 11.8 Å². The molecule has 11 heteroatoms. The van der Waals surface area contributed by atoms with E-state index in [-0.39, 0.29) is 23.8 Å². The van der Waals surface area contributed by atoms with Crippen LogP contribution in [0.2, 0.25) is 0 Å². The standard InChI is InChI=1S/C15H18N6O4S/c1-24-8-3-7(4-9(5-8)25-6-10(16)22)19-14-11(13(18)23)12(17)20-15(21-14)26-2/h3-5H,6H2,1-2H3,(H2,16,22)(H2,18,23)(H3,17,19,20,21). The topological polar surface area (TPSA) is 168 Å². The van der Waals surface area contributed by atoms with Gasteiger partial charge in [0.25, 0.3) is 11.8 Å². The molecular weight excluding hydrogens is 360 g/mol. The van der Waals surface area contributed by atoms with Crippen molar-refractivity contribution in [2.24, 2.45) is 11.5 Å². The zero-order valence-corrected chi connectivity index (χ0v) is 14.9. The van der Waals surface area contributed by atoms with Crippen LogP contribution in [0.1, 0.15) is 10.4 Å². The third-order valence-electron chi connectivity index (χ3n) is 3.11. The fourth-order valence-corrected chi connectivity index (χ4v) is 2.39. The Balaban J connectivity index is 2.43. The van der Waals surface area contributed by atoms with Gasteiger partial charge in [-0.25, -0.2) is 9.97 Å². The maximum Gasteiger partial charge on any atom is 0.256 e. The number of methoxy groups -OCH3 is 1. The summed E-state index contributed by atoms with van der Waals surface area (Å²) in [5.74, 6) is -0.506. The molecule has 2 aromatic rings. The highest BCUT2D eigenvalue weighted by atomic mass is 32.2. The van der Waals surface area contributed by atoms with E-state index in [0.717, 1.165) is 0 Å². The summed E-state index contributed by atoms with van der Waals surface area (Å²) in [4.78, 5) is 30.8. The number of anilines is 3. The number of rotatable bonds is 8. The Hall–Kier alpha value is -3.21. The second-order valence-electron chi connectivity index (χ2n) is 4.96. The van der Waals surface area contributed by atoms with E-state index in [1.165, 1.54) is 18.9 Å². The molecule has 2 amide bonds. The lowest BCUT2D eigenvalue weighted by atomic mass is 10.2. The van der Waals surface area contributed by atoms with E-state index in [2.05, 4.69) is 15.3 Å². The second kappa shape index (κ2) is 8.25. The molecule has 1 heterocycles. The quantitative estimate of drug-likeness (QED) is 0.377. The average molecular weight is 378 g/mol. The highest BCUT2D eigenvalue weighted by Crippen LogP contribution is 2.30. The van der Waals surface area contributed by atoms with Crippen molar-refractivity contribution in [3.8, 4) is 11.5 Å². The predicted molar refractivity (Wildman–Crippen MR) is 97.7 cm³/mol. The number of carbonyl (C=O) groups excluding carboxylic acids is 2. The summed E-state index contributed by atoms with van der Waals surface area (Å²) < 4.78 is 10.5. The molecule has 1 aromatic carbocycles. The fraction of sp³-hybridized carbons (Fsp3) is 0.200. The van der Waals surface area contributed by atoms with E-state index in [1.54, 1.807) is 24.5 Å². The van der Waals surface area contributed by atoms with Crippen molar-refractivity contribution < 1.29 is 19.1 Å². The Bertz CT molecular complexity index is 845. The van der Waals surface area contributed by atoms with Crippen LogP contribution < -0.4 is 32.0 Å². The number of thioether (sulfide) groups is 1. The summed E-state index contributed by atoms with van der Waals surface area (Å²) in [7, 11) is 1.47. The zero-order chi connectivity index (χ0) is 19.3. The van der Waals surface area contributed by atoms with Crippen molar-refractivity contribution in [1.82, 2.24) is 9.97 Å². The van der Waals surface area contributed by atoms with Gasteiger partial charge in [0.2, 0.25) is 0 Å². The van der Waals surface area contributed by atoms with Crippen molar-refractivity contribution in [2.75, 3.05) is 31.0 Å². The minimum Gasteiger partial charge on any atom is -0.497 e. The van der Waals surface area contributed by atoms with Crippen LogP contribution in [0, 0.1) is 0 Å². The first kappa shape index (κ1) is 19.1. The number of nitrogens with one attached hydrogen (secondary N) is 1. The van der Waals surface area contributed by atoms with Crippen LogP contribution >= 0.6 is 11.8 Å². The van der Waals surface area contributed by atoms with E-state index in [0.29, 0.717) is 22.3 Å². The Morgan fingerprint density at radius 3 is 2.46 bits per heavy atom. The average Bonchev–Trinajstić information content (AvgIpc) is 2.58. The maximum atomic E-state index is 11.7. The first-order chi connectivity index (χ1) is 12.3. The van der Waals surface area contributed by atoms with Crippen LogP contribution in [-0.2, 0) is 4.79 Å². The summed E-state index contributed by atoms with van der Waals surface area (Å²) >= 11 is 1.26. The lowest BCUT2D eigenvalue weighted by molar-refractivity contribution is -0.119. The lowest BCUT2D eigenvalue weighted by Gasteiger charge is -2.14. The van der Waals surface area contributed by atoms with Gasteiger partial charge in [0.1, 0.15) is 28.7 Å². The fourth-order valence-electron chi connectivity index (χ4n) is 2.02. The number of nitrogens with two attached hydrogens (primary N) is 3. The third kappa shape index (κ3) is 4.66. The van der Waals surface area contributed by atoms with Crippen LogP contribution in [0.25, 0.3) is 0 Å². The number of primary amides is 2. The van der Waals surface area contributed by atoms with Gasteiger partial charge in [-0.3, -0.25) is 9.59 Å². The molecule has 1 aromatic heterocycles. The van der Waals surface area contributed by atoms with Crippen molar-refractivity contribution in [3.63, 3.8) is 0 Å². The minimum atomic E-state index is -0.772. The van der Waals surface area contributed by atoms with E-state index in [1.807, 2.05) is 0 Å². The lowest BCUT2D eigenvalue weighted by Crippen LogP contribution is -2.20. The zero-order valence-electron chi connectivity index (χ0n) is 14.1. The first-order valence-electron chi connectivity index (χ1n) is 7.22. The molecule has 0 unspecified atom stereocenters. The molecule has 26 heavy (non-hydrogen) atoms. The molecule has 0 saturated heterocycles. The monoisotopic (exact) mass is 378 g/mol.